The van der Waals surface area contributed by atoms with Crippen molar-refractivity contribution in [2.75, 3.05) is 13.2 Å². The molecule has 0 N–H and O–H groups in total. The summed E-state index contributed by atoms with van der Waals surface area (Å²) in [4.78, 5) is 15.4. The number of amides is 1. The molecule has 0 radical (unpaired) electrons. The first-order valence-electron chi connectivity index (χ1n) is 12.0. The van der Waals surface area contributed by atoms with E-state index >= 15 is 0 Å². The second-order valence-corrected chi connectivity index (χ2v) is 10.8. The predicted molar refractivity (Wildman–Crippen MR) is 149 cm³/mol. The molecular weight excluding hydrogens is 474 g/mol. The summed E-state index contributed by atoms with van der Waals surface area (Å²) >= 11 is 6.87. The fourth-order valence-corrected chi connectivity index (χ4v) is 5.17. The average Bonchev–Trinajstić information content (AvgIpc) is 3.36. The fraction of sp³-hybridized carbons (Fsp3) is 0.321. The highest BCUT2D eigenvalue weighted by Crippen LogP contribution is 2.36. The molecule has 4 rings (SSSR count). The van der Waals surface area contributed by atoms with Gasteiger partial charge in [-0.2, -0.15) is 5.10 Å². The molecule has 182 valence electrons. The number of thiocarbonyl (C=S) groups is 1. The van der Waals surface area contributed by atoms with Gasteiger partial charge in [-0.25, -0.2) is 4.68 Å². The molecule has 35 heavy (non-hydrogen) atoms. The number of benzene rings is 2. The van der Waals surface area contributed by atoms with Crippen LogP contribution in [0.2, 0.25) is 0 Å². The molecule has 1 aliphatic heterocycles. The summed E-state index contributed by atoms with van der Waals surface area (Å²) in [5, 5.41) is 4.93. The number of aromatic nitrogens is 2. The molecule has 2 aromatic carbocycles. The maximum atomic E-state index is 13.1. The Kier molecular flexibility index (Phi) is 8.08. The lowest BCUT2D eigenvalue weighted by Crippen LogP contribution is -2.31. The van der Waals surface area contributed by atoms with Crippen LogP contribution in [-0.2, 0) is 4.79 Å². The highest BCUT2D eigenvalue weighted by molar-refractivity contribution is 8.26. The topological polar surface area (TPSA) is 47.4 Å². The number of thioether (sulfide) groups is 1. The number of unbranched alkanes of at least 4 members (excludes halogenated alkanes) is 1. The Balaban J connectivity index is 1.74. The maximum Gasteiger partial charge on any atom is 0.266 e. The van der Waals surface area contributed by atoms with Gasteiger partial charge < -0.3 is 4.74 Å². The number of para-hydroxylation sites is 1. The summed E-state index contributed by atoms with van der Waals surface area (Å²) in [7, 11) is 0. The Morgan fingerprint density at radius 1 is 1.17 bits per heavy atom. The first-order valence-corrected chi connectivity index (χ1v) is 13.2. The zero-order valence-electron chi connectivity index (χ0n) is 20.7. The molecule has 1 aromatic heterocycles. The van der Waals surface area contributed by atoms with Crippen molar-refractivity contribution in [2.24, 2.45) is 5.92 Å². The van der Waals surface area contributed by atoms with Gasteiger partial charge in [-0.05, 0) is 61.2 Å². The van der Waals surface area contributed by atoms with Gasteiger partial charge in [-0.1, -0.05) is 69.4 Å². The van der Waals surface area contributed by atoms with E-state index in [0.29, 0.717) is 28.3 Å². The second kappa shape index (κ2) is 11.2. The average molecular weight is 506 g/mol. The molecule has 7 heteroatoms. The van der Waals surface area contributed by atoms with E-state index in [-0.39, 0.29) is 5.91 Å². The van der Waals surface area contributed by atoms with Crippen molar-refractivity contribution >= 4 is 40.3 Å². The molecule has 0 spiro atoms. The summed E-state index contributed by atoms with van der Waals surface area (Å²) in [5.41, 5.74) is 4.73. The van der Waals surface area contributed by atoms with Crippen LogP contribution in [0.1, 0.15) is 44.7 Å². The lowest BCUT2D eigenvalue weighted by atomic mass is 10.0. The molecule has 5 nitrogen and oxygen atoms in total. The van der Waals surface area contributed by atoms with Gasteiger partial charge in [-0.15, -0.1) is 0 Å². The first kappa shape index (κ1) is 25.2. The SMILES string of the molecule is CCCCOc1ccc(-c2nn(-c3ccccc3)cc2C=C2SC(=S)N(CC(C)C)C2=O)c(C)c1. The quantitative estimate of drug-likeness (QED) is 0.180. The Hall–Kier alpha value is -2.90. The van der Waals surface area contributed by atoms with E-state index in [2.05, 4.69) is 39.8 Å². The van der Waals surface area contributed by atoms with Gasteiger partial charge in [-0.3, -0.25) is 9.69 Å². The van der Waals surface area contributed by atoms with Crippen molar-refractivity contribution in [3.05, 3.63) is 70.8 Å². The standard InChI is InChI=1S/C28H31N3O2S2/c1-5-6-14-33-23-12-13-24(20(4)15-23)26-21(18-31(29-26)22-10-8-7-9-11-22)16-25-27(32)30(17-19(2)3)28(34)35-25/h7-13,15-16,18-19H,5-6,14,17H2,1-4H3. The smallest absolute Gasteiger partial charge is 0.266 e. The Morgan fingerprint density at radius 2 is 1.94 bits per heavy atom. The molecule has 0 bridgehead atoms. The van der Waals surface area contributed by atoms with Crippen LogP contribution >= 0.6 is 24.0 Å². The van der Waals surface area contributed by atoms with Gasteiger partial charge >= 0.3 is 0 Å². The summed E-state index contributed by atoms with van der Waals surface area (Å²) in [6.45, 7) is 9.72. The first-order chi connectivity index (χ1) is 16.9. The molecule has 1 saturated heterocycles. The third kappa shape index (κ3) is 5.85. The summed E-state index contributed by atoms with van der Waals surface area (Å²) < 4.78 is 8.36. The molecule has 1 amide bonds. The lowest BCUT2D eigenvalue weighted by molar-refractivity contribution is -0.122. The summed E-state index contributed by atoms with van der Waals surface area (Å²) in [5.74, 6) is 1.16. The van der Waals surface area contributed by atoms with E-state index in [9.17, 15) is 4.79 Å². The Morgan fingerprint density at radius 3 is 2.63 bits per heavy atom. The molecule has 0 atom stereocenters. The zero-order chi connectivity index (χ0) is 24.9. The second-order valence-electron chi connectivity index (χ2n) is 9.08. The van der Waals surface area contributed by atoms with Crippen LogP contribution in [0.4, 0.5) is 0 Å². The molecular formula is C28H31N3O2S2. The van der Waals surface area contributed by atoms with Crippen LogP contribution in [0.3, 0.4) is 0 Å². The van der Waals surface area contributed by atoms with Crippen molar-refractivity contribution in [1.29, 1.82) is 0 Å². The molecule has 0 saturated carbocycles. The number of rotatable bonds is 9. The van der Waals surface area contributed by atoms with E-state index < -0.39 is 0 Å². The molecule has 0 unspecified atom stereocenters. The van der Waals surface area contributed by atoms with Crippen molar-refractivity contribution < 1.29 is 9.53 Å². The molecule has 3 aromatic rings. The van der Waals surface area contributed by atoms with E-state index in [1.807, 2.05) is 53.4 Å². The minimum Gasteiger partial charge on any atom is -0.494 e. The number of carbonyl (C=O) groups is 1. The van der Waals surface area contributed by atoms with E-state index in [4.69, 9.17) is 22.1 Å². The number of carbonyl (C=O) groups excluding carboxylic acids is 1. The monoisotopic (exact) mass is 505 g/mol. The van der Waals surface area contributed by atoms with Crippen molar-refractivity contribution in [1.82, 2.24) is 14.7 Å². The van der Waals surface area contributed by atoms with Crippen LogP contribution in [0.5, 0.6) is 5.75 Å². The van der Waals surface area contributed by atoms with Crippen molar-refractivity contribution in [3.8, 4) is 22.7 Å². The maximum absolute atomic E-state index is 13.1. The third-order valence-corrected chi connectivity index (χ3v) is 7.07. The van der Waals surface area contributed by atoms with Crippen molar-refractivity contribution in [3.63, 3.8) is 0 Å². The molecule has 0 aliphatic carbocycles. The van der Waals surface area contributed by atoms with E-state index in [1.54, 1.807) is 4.90 Å². The van der Waals surface area contributed by atoms with E-state index in [1.165, 1.54) is 11.8 Å². The molecule has 1 aliphatic rings. The van der Waals surface area contributed by atoms with E-state index in [0.717, 1.165) is 46.7 Å². The van der Waals surface area contributed by atoms with Gasteiger partial charge in [0, 0.05) is 23.9 Å². The van der Waals surface area contributed by atoms with Crippen LogP contribution in [0, 0.1) is 12.8 Å². The minimum atomic E-state index is -0.0384. The minimum absolute atomic E-state index is 0.0384. The Bertz CT molecular complexity index is 1250. The summed E-state index contributed by atoms with van der Waals surface area (Å²) in [6.07, 6.45) is 6.03. The molecule has 1 fully saturated rings. The van der Waals surface area contributed by atoms with Gasteiger partial charge in [0.1, 0.15) is 15.8 Å². The van der Waals surface area contributed by atoms with Gasteiger partial charge in [0.15, 0.2) is 0 Å². The fourth-order valence-electron chi connectivity index (χ4n) is 3.90. The molecule has 2 heterocycles. The number of hydrogen-bond acceptors (Lipinski definition) is 5. The van der Waals surface area contributed by atoms with Gasteiger partial charge in [0.25, 0.3) is 5.91 Å². The Labute approximate surface area is 217 Å². The van der Waals surface area contributed by atoms with Crippen LogP contribution in [0.15, 0.2) is 59.6 Å². The highest BCUT2D eigenvalue weighted by atomic mass is 32.2. The predicted octanol–water partition coefficient (Wildman–Crippen LogP) is 6.88. The normalized spacial score (nSPS) is 15.0. The number of hydrogen-bond donors (Lipinski definition) is 0. The van der Waals surface area contributed by atoms with Gasteiger partial charge in [0.05, 0.1) is 17.2 Å². The van der Waals surface area contributed by atoms with Crippen LogP contribution in [-0.4, -0.2) is 38.1 Å². The lowest BCUT2D eigenvalue weighted by Gasteiger charge is -2.16. The number of ether oxygens (including phenoxy) is 1. The van der Waals surface area contributed by atoms with Crippen molar-refractivity contribution in [2.45, 2.75) is 40.5 Å². The third-order valence-electron chi connectivity index (χ3n) is 5.69. The van der Waals surface area contributed by atoms with Gasteiger partial charge in [0.2, 0.25) is 0 Å². The summed E-state index contributed by atoms with van der Waals surface area (Å²) in [6, 6.07) is 16.1. The van der Waals surface area contributed by atoms with Crippen LogP contribution in [0.25, 0.3) is 23.0 Å². The largest absolute Gasteiger partial charge is 0.494 e. The number of aryl methyl sites for hydroxylation is 1. The zero-order valence-corrected chi connectivity index (χ0v) is 22.3. The van der Waals surface area contributed by atoms with Crippen LogP contribution < -0.4 is 4.74 Å². The number of nitrogens with zero attached hydrogens (tertiary/aromatic N) is 3. The highest BCUT2D eigenvalue weighted by Gasteiger charge is 2.32.